The summed E-state index contributed by atoms with van der Waals surface area (Å²) in [7, 11) is -1.75. The van der Waals surface area contributed by atoms with Crippen LogP contribution in [0.5, 0.6) is 0 Å². The topological polar surface area (TPSA) is 78.0 Å². The third-order valence-corrected chi connectivity index (χ3v) is 4.57. The summed E-state index contributed by atoms with van der Waals surface area (Å²) in [6.07, 6.45) is 1.60. The average Bonchev–Trinajstić information content (AvgIpc) is 2.52. The van der Waals surface area contributed by atoms with Gasteiger partial charge in [0.25, 0.3) is 0 Å². The molecule has 6 heteroatoms. The quantitative estimate of drug-likeness (QED) is 0.769. The molecule has 1 heterocycles. The SMILES string of the molecule is Cn1ccc(S(=O)(=O)C(C)(C)CN)n1. The van der Waals surface area contributed by atoms with E-state index in [1.165, 1.54) is 10.7 Å². The Morgan fingerprint density at radius 2 is 2.14 bits per heavy atom. The van der Waals surface area contributed by atoms with Crippen LogP contribution in [0, 0.1) is 0 Å². The molecule has 0 aliphatic carbocycles. The molecule has 14 heavy (non-hydrogen) atoms. The van der Waals surface area contributed by atoms with Crippen molar-refractivity contribution < 1.29 is 8.42 Å². The van der Waals surface area contributed by atoms with E-state index < -0.39 is 14.6 Å². The van der Waals surface area contributed by atoms with Gasteiger partial charge in [-0.2, -0.15) is 5.10 Å². The van der Waals surface area contributed by atoms with Crippen molar-refractivity contribution in [2.75, 3.05) is 6.54 Å². The summed E-state index contributed by atoms with van der Waals surface area (Å²) in [5.74, 6) is 0. The zero-order valence-corrected chi connectivity index (χ0v) is 9.37. The van der Waals surface area contributed by atoms with Crippen molar-refractivity contribution in [3.05, 3.63) is 12.3 Å². The second-order valence-corrected chi connectivity index (χ2v) is 6.33. The van der Waals surface area contributed by atoms with Crippen LogP contribution in [0.25, 0.3) is 0 Å². The number of sulfone groups is 1. The van der Waals surface area contributed by atoms with Crippen molar-refractivity contribution in [3.63, 3.8) is 0 Å². The van der Waals surface area contributed by atoms with Crippen LogP contribution in [0.2, 0.25) is 0 Å². The fourth-order valence-electron chi connectivity index (χ4n) is 0.930. The van der Waals surface area contributed by atoms with E-state index in [9.17, 15) is 8.42 Å². The molecule has 0 spiro atoms. The van der Waals surface area contributed by atoms with Gasteiger partial charge in [0, 0.05) is 19.8 Å². The van der Waals surface area contributed by atoms with Gasteiger partial charge < -0.3 is 5.73 Å². The molecule has 1 rings (SSSR count). The Balaban J connectivity index is 3.22. The smallest absolute Gasteiger partial charge is 0.203 e. The molecule has 0 saturated heterocycles. The van der Waals surface area contributed by atoms with Crippen LogP contribution >= 0.6 is 0 Å². The zero-order chi connectivity index (χ0) is 11.0. The number of nitrogens with two attached hydrogens (primary N) is 1. The molecule has 0 bridgehead atoms. The minimum absolute atomic E-state index is 0.0753. The third kappa shape index (κ3) is 1.67. The first-order valence-corrected chi connectivity index (χ1v) is 5.74. The number of nitrogens with zero attached hydrogens (tertiary/aromatic N) is 2. The van der Waals surface area contributed by atoms with Gasteiger partial charge in [-0.25, -0.2) is 8.42 Å². The van der Waals surface area contributed by atoms with Gasteiger partial charge in [-0.1, -0.05) is 0 Å². The van der Waals surface area contributed by atoms with Gasteiger partial charge in [0.15, 0.2) is 5.03 Å². The van der Waals surface area contributed by atoms with Crippen molar-refractivity contribution >= 4 is 9.84 Å². The van der Waals surface area contributed by atoms with Gasteiger partial charge in [-0.3, -0.25) is 4.68 Å². The lowest BCUT2D eigenvalue weighted by Gasteiger charge is -2.20. The van der Waals surface area contributed by atoms with Crippen LogP contribution in [0.4, 0.5) is 0 Å². The number of rotatable bonds is 3. The normalized spacial score (nSPS) is 13.1. The molecule has 0 atom stereocenters. The molecule has 2 N–H and O–H groups in total. The Bertz CT molecular complexity index is 420. The van der Waals surface area contributed by atoms with Crippen molar-refractivity contribution in [2.45, 2.75) is 23.6 Å². The number of hydrogen-bond donors (Lipinski definition) is 1. The monoisotopic (exact) mass is 217 g/mol. The Kier molecular flexibility index (Phi) is 2.69. The molecule has 0 saturated carbocycles. The summed E-state index contributed by atoms with van der Waals surface area (Å²) >= 11 is 0. The first-order valence-electron chi connectivity index (χ1n) is 4.25. The zero-order valence-electron chi connectivity index (χ0n) is 8.56. The van der Waals surface area contributed by atoms with E-state index in [0.29, 0.717) is 0 Å². The summed E-state index contributed by atoms with van der Waals surface area (Å²) in [5, 5.41) is 3.95. The molecule has 80 valence electrons. The molecule has 1 aromatic heterocycles. The number of aromatic nitrogens is 2. The highest BCUT2D eigenvalue weighted by molar-refractivity contribution is 7.92. The van der Waals surface area contributed by atoms with Crippen LogP contribution in [-0.4, -0.2) is 29.5 Å². The molecule has 0 aliphatic heterocycles. The van der Waals surface area contributed by atoms with Gasteiger partial charge in [0.2, 0.25) is 9.84 Å². The first-order chi connectivity index (χ1) is 6.31. The second kappa shape index (κ2) is 3.36. The molecular formula is C8H15N3O2S. The van der Waals surface area contributed by atoms with Gasteiger partial charge in [-0.05, 0) is 19.9 Å². The van der Waals surface area contributed by atoms with E-state index in [0.717, 1.165) is 0 Å². The lowest BCUT2D eigenvalue weighted by Crippen LogP contribution is -2.39. The van der Waals surface area contributed by atoms with Crippen LogP contribution in [0.3, 0.4) is 0 Å². The van der Waals surface area contributed by atoms with E-state index in [2.05, 4.69) is 5.10 Å². The lowest BCUT2D eigenvalue weighted by molar-refractivity contribution is 0.542. The Morgan fingerprint density at radius 1 is 1.57 bits per heavy atom. The Hall–Kier alpha value is -0.880. The van der Waals surface area contributed by atoms with E-state index in [4.69, 9.17) is 5.73 Å². The van der Waals surface area contributed by atoms with E-state index >= 15 is 0 Å². The number of aryl methyl sites for hydroxylation is 1. The molecule has 5 nitrogen and oxygen atoms in total. The minimum atomic E-state index is -3.42. The molecule has 0 fully saturated rings. The maximum atomic E-state index is 11.9. The fourth-order valence-corrected chi connectivity index (χ4v) is 2.19. The Morgan fingerprint density at radius 3 is 2.50 bits per heavy atom. The van der Waals surface area contributed by atoms with E-state index in [1.54, 1.807) is 27.1 Å². The maximum absolute atomic E-state index is 11.9. The summed E-state index contributed by atoms with van der Waals surface area (Å²) in [6, 6.07) is 1.48. The predicted octanol–water partition coefficient (Wildman–Crippen LogP) is -0.0689. The lowest BCUT2D eigenvalue weighted by atomic mass is 10.2. The number of hydrogen-bond acceptors (Lipinski definition) is 4. The predicted molar refractivity (Wildman–Crippen MR) is 53.5 cm³/mol. The largest absolute Gasteiger partial charge is 0.329 e. The van der Waals surface area contributed by atoms with Gasteiger partial charge in [-0.15, -0.1) is 0 Å². The first kappa shape index (κ1) is 11.2. The standard InChI is InChI=1S/C8H15N3O2S/c1-8(2,6-9)14(12,13)7-4-5-11(3)10-7/h4-5H,6,9H2,1-3H3. The molecule has 1 aromatic rings. The van der Waals surface area contributed by atoms with Crippen LogP contribution < -0.4 is 5.73 Å². The van der Waals surface area contributed by atoms with Gasteiger partial charge >= 0.3 is 0 Å². The van der Waals surface area contributed by atoms with E-state index in [1.807, 2.05) is 0 Å². The molecule has 0 aliphatic rings. The summed E-state index contributed by atoms with van der Waals surface area (Å²) in [6.45, 7) is 3.26. The van der Waals surface area contributed by atoms with Crippen molar-refractivity contribution in [3.8, 4) is 0 Å². The average molecular weight is 217 g/mol. The molecule has 0 unspecified atom stereocenters. The highest BCUT2D eigenvalue weighted by atomic mass is 32.2. The molecule has 0 amide bonds. The van der Waals surface area contributed by atoms with Crippen LogP contribution in [-0.2, 0) is 16.9 Å². The molecule has 0 aromatic carbocycles. The van der Waals surface area contributed by atoms with Gasteiger partial charge in [0.1, 0.15) is 0 Å². The summed E-state index contributed by atoms with van der Waals surface area (Å²) < 4.78 is 24.4. The summed E-state index contributed by atoms with van der Waals surface area (Å²) in [4.78, 5) is 0. The van der Waals surface area contributed by atoms with Crippen LogP contribution in [0.1, 0.15) is 13.8 Å². The van der Waals surface area contributed by atoms with Crippen LogP contribution in [0.15, 0.2) is 17.3 Å². The molecular weight excluding hydrogens is 202 g/mol. The highest BCUT2D eigenvalue weighted by Crippen LogP contribution is 2.22. The fraction of sp³-hybridized carbons (Fsp3) is 0.625. The van der Waals surface area contributed by atoms with Crippen molar-refractivity contribution in [1.29, 1.82) is 0 Å². The van der Waals surface area contributed by atoms with Crippen molar-refractivity contribution in [2.24, 2.45) is 12.8 Å². The minimum Gasteiger partial charge on any atom is -0.329 e. The maximum Gasteiger partial charge on any atom is 0.203 e. The van der Waals surface area contributed by atoms with Gasteiger partial charge in [0.05, 0.1) is 4.75 Å². The summed E-state index contributed by atoms with van der Waals surface area (Å²) in [5.41, 5.74) is 5.42. The van der Waals surface area contributed by atoms with Crippen molar-refractivity contribution in [1.82, 2.24) is 9.78 Å². The third-order valence-electron chi connectivity index (χ3n) is 2.18. The highest BCUT2D eigenvalue weighted by Gasteiger charge is 2.36. The Labute approximate surface area is 83.8 Å². The van der Waals surface area contributed by atoms with E-state index in [-0.39, 0.29) is 11.6 Å². The molecule has 0 radical (unpaired) electrons. The second-order valence-electron chi connectivity index (χ2n) is 3.79.